The Morgan fingerprint density at radius 1 is 1.00 bits per heavy atom. The highest BCUT2D eigenvalue weighted by Crippen LogP contribution is 2.30. The molecule has 160 valence electrons. The zero-order chi connectivity index (χ0) is 22.5. The summed E-state index contributed by atoms with van der Waals surface area (Å²) < 4.78 is 0. The van der Waals surface area contributed by atoms with Crippen LogP contribution in [0.3, 0.4) is 0 Å². The van der Waals surface area contributed by atoms with Crippen LogP contribution in [0.1, 0.15) is 63.7 Å². The molecule has 0 atom stereocenters. The Balaban J connectivity index is 1.45. The Morgan fingerprint density at radius 3 is 2.35 bits per heavy atom. The Bertz CT molecular complexity index is 1060. The monoisotopic (exact) mass is 423 g/mol. The van der Waals surface area contributed by atoms with E-state index in [2.05, 4.69) is 5.32 Å². The number of ketones is 1. The quantitative estimate of drug-likeness (QED) is 0.216. The summed E-state index contributed by atoms with van der Waals surface area (Å²) in [7, 11) is 0. The molecule has 0 spiro atoms. The van der Waals surface area contributed by atoms with Gasteiger partial charge in [-0.2, -0.15) is 0 Å². The zero-order valence-corrected chi connectivity index (χ0v) is 16.9. The number of hydrogen-bond acceptors (Lipinski definition) is 6. The van der Waals surface area contributed by atoms with Crippen molar-refractivity contribution in [3.63, 3.8) is 0 Å². The lowest BCUT2D eigenvalue weighted by molar-refractivity contribution is -0.385. The minimum Gasteiger partial charge on any atom is -0.326 e. The van der Waals surface area contributed by atoms with Gasteiger partial charge in [0.25, 0.3) is 17.5 Å². The third-order valence-corrected chi connectivity index (χ3v) is 5.03. The van der Waals surface area contributed by atoms with Crippen molar-refractivity contribution in [2.45, 2.75) is 32.6 Å². The lowest BCUT2D eigenvalue weighted by Gasteiger charge is -2.13. The van der Waals surface area contributed by atoms with Gasteiger partial charge in [-0.3, -0.25) is 34.2 Å². The van der Waals surface area contributed by atoms with Crippen molar-refractivity contribution in [2.75, 3.05) is 11.9 Å². The molecule has 0 fully saturated rings. The first-order valence-electron chi connectivity index (χ1n) is 9.84. The van der Waals surface area contributed by atoms with E-state index in [1.54, 1.807) is 24.3 Å². The highest BCUT2D eigenvalue weighted by molar-refractivity contribution is 6.23. The van der Waals surface area contributed by atoms with Crippen LogP contribution in [0.2, 0.25) is 0 Å². The average molecular weight is 423 g/mol. The van der Waals surface area contributed by atoms with Gasteiger partial charge in [0.1, 0.15) is 5.56 Å². The number of anilines is 1. The maximum absolute atomic E-state index is 12.5. The lowest BCUT2D eigenvalue weighted by Crippen LogP contribution is -2.30. The largest absolute Gasteiger partial charge is 0.326 e. The minimum absolute atomic E-state index is 0.0503. The Labute approximate surface area is 178 Å². The number of Topliss-reactive ketones (excluding diaryl/α,β-unsaturated/α-hetero) is 1. The van der Waals surface area contributed by atoms with Crippen LogP contribution in [0.15, 0.2) is 42.5 Å². The summed E-state index contributed by atoms with van der Waals surface area (Å²) >= 11 is 0. The summed E-state index contributed by atoms with van der Waals surface area (Å²) in [5.41, 5.74) is 0.688. The number of amides is 3. The second kappa shape index (κ2) is 9.29. The third kappa shape index (κ3) is 4.82. The minimum atomic E-state index is -0.667. The van der Waals surface area contributed by atoms with Gasteiger partial charge in [-0.1, -0.05) is 12.5 Å². The van der Waals surface area contributed by atoms with Crippen LogP contribution in [-0.2, 0) is 4.79 Å². The van der Waals surface area contributed by atoms with Crippen LogP contribution < -0.4 is 5.32 Å². The number of rotatable bonds is 9. The van der Waals surface area contributed by atoms with Gasteiger partial charge in [0.15, 0.2) is 5.78 Å². The molecule has 1 aliphatic rings. The van der Waals surface area contributed by atoms with Crippen LogP contribution in [0, 0.1) is 10.1 Å². The standard InChI is InChI=1S/C22H21N3O6/c1-14(26)15-9-11-16(12-10-15)23-19(27)8-3-2-4-13-24-21(28)17-6-5-7-18(25(30)31)20(17)22(24)29/h5-7,9-12H,2-4,8,13H2,1H3,(H,23,27). The van der Waals surface area contributed by atoms with Gasteiger partial charge in [-0.25, -0.2) is 0 Å². The van der Waals surface area contributed by atoms with Crippen LogP contribution in [0.5, 0.6) is 0 Å². The molecule has 0 radical (unpaired) electrons. The SMILES string of the molecule is CC(=O)c1ccc(NC(=O)CCCCCN2C(=O)c3cccc([N+](=O)[O-])c3C2=O)cc1. The molecule has 9 nitrogen and oxygen atoms in total. The topological polar surface area (TPSA) is 127 Å². The highest BCUT2D eigenvalue weighted by Gasteiger charge is 2.40. The van der Waals surface area contributed by atoms with Gasteiger partial charge in [0, 0.05) is 30.3 Å². The van der Waals surface area contributed by atoms with Crippen LogP contribution in [0.4, 0.5) is 11.4 Å². The average Bonchev–Trinajstić information content (AvgIpc) is 2.98. The number of hydrogen-bond donors (Lipinski definition) is 1. The normalized spacial score (nSPS) is 12.6. The van der Waals surface area contributed by atoms with Gasteiger partial charge < -0.3 is 5.32 Å². The van der Waals surface area contributed by atoms with Crippen molar-refractivity contribution >= 4 is 34.9 Å². The summed E-state index contributed by atoms with van der Waals surface area (Å²) in [6, 6.07) is 10.6. The van der Waals surface area contributed by atoms with Crippen molar-refractivity contribution in [3.05, 3.63) is 69.3 Å². The molecule has 0 aromatic heterocycles. The van der Waals surface area contributed by atoms with Gasteiger partial charge in [-0.15, -0.1) is 0 Å². The molecule has 31 heavy (non-hydrogen) atoms. The van der Waals surface area contributed by atoms with Crippen molar-refractivity contribution in [3.8, 4) is 0 Å². The summed E-state index contributed by atoms with van der Waals surface area (Å²) in [5.74, 6) is -1.41. The molecule has 0 bridgehead atoms. The highest BCUT2D eigenvalue weighted by atomic mass is 16.6. The predicted octanol–water partition coefficient (Wildman–Crippen LogP) is 3.59. The molecular formula is C22H21N3O6. The number of nitro benzene ring substituents is 1. The number of nitro groups is 1. The van der Waals surface area contributed by atoms with Crippen molar-refractivity contribution in [1.82, 2.24) is 4.90 Å². The summed E-state index contributed by atoms with van der Waals surface area (Å²) in [5, 5.41) is 13.9. The van der Waals surface area contributed by atoms with Gasteiger partial charge >= 0.3 is 0 Å². The second-order valence-corrected chi connectivity index (χ2v) is 7.21. The molecule has 2 aromatic rings. The maximum atomic E-state index is 12.5. The van der Waals surface area contributed by atoms with E-state index in [0.717, 1.165) is 4.90 Å². The van der Waals surface area contributed by atoms with Crippen molar-refractivity contribution in [1.29, 1.82) is 0 Å². The zero-order valence-electron chi connectivity index (χ0n) is 16.9. The fourth-order valence-electron chi connectivity index (χ4n) is 3.41. The molecule has 3 amide bonds. The molecule has 0 saturated heterocycles. The van der Waals surface area contributed by atoms with Gasteiger partial charge in [0.2, 0.25) is 5.91 Å². The van der Waals surface area contributed by atoms with E-state index in [9.17, 15) is 29.3 Å². The van der Waals surface area contributed by atoms with Gasteiger partial charge in [-0.05, 0) is 50.1 Å². The number of fused-ring (bicyclic) bond motifs is 1. The Hall–Kier alpha value is -3.88. The number of unbranched alkanes of at least 4 members (excludes halogenated alkanes) is 2. The molecule has 0 saturated carbocycles. The van der Waals surface area contributed by atoms with E-state index in [1.165, 1.54) is 25.1 Å². The van der Waals surface area contributed by atoms with E-state index in [4.69, 9.17) is 0 Å². The number of benzene rings is 2. The first kappa shape index (κ1) is 21.8. The van der Waals surface area contributed by atoms with E-state index >= 15 is 0 Å². The molecule has 1 heterocycles. The third-order valence-electron chi connectivity index (χ3n) is 5.03. The van der Waals surface area contributed by atoms with Crippen molar-refractivity contribution in [2.24, 2.45) is 0 Å². The fourth-order valence-corrected chi connectivity index (χ4v) is 3.41. The van der Waals surface area contributed by atoms with Crippen LogP contribution in [-0.4, -0.2) is 39.9 Å². The maximum Gasteiger partial charge on any atom is 0.282 e. The van der Waals surface area contributed by atoms with Crippen LogP contribution >= 0.6 is 0 Å². The van der Waals surface area contributed by atoms with E-state index < -0.39 is 16.7 Å². The summed E-state index contributed by atoms with van der Waals surface area (Å²) in [6.45, 7) is 1.61. The molecule has 0 aliphatic carbocycles. The Morgan fingerprint density at radius 2 is 1.71 bits per heavy atom. The second-order valence-electron chi connectivity index (χ2n) is 7.21. The molecule has 0 unspecified atom stereocenters. The molecule has 1 aliphatic heterocycles. The van der Waals surface area contributed by atoms with Crippen LogP contribution in [0.25, 0.3) is 0 Å². The number of carbonyl (C=O) groups is 4. The lowest BCUT2D eigenvalue weighted by atomic mass is 10.1. The predicted molar refractivity (Wildman–Crippen MR) is 112 cm³/mol. The summed E-state index contributed by atoms with van der Waals surface area (Å²) in [4.78, 5) is 59.7. The molecular weight excluding hydrogens is 402 g/mol. The smallest absolute Gasteiger partial charge is 0.282 e. The first-order chi connectivity index (χ1) is 14.8. The van der Waals surface area contributed by atoms with E-state index in [1.807, 2.05) is 0 Å². The first-order valence-corrected chi connectivity index (χ1v) is 9.84. The number of imide groups is 1. The molecule has 3 rings (SSSR count). The fraction of sp³-hybridized carbons (Fsp3) is 0.273. The van der Waals surface area contributed by atoms with Gasteiger partial charge in [0.05, 0.1) is 10.5 Å². The number of nitrogens with one attached hydrogen (secondary N) is 1. The molecule has 1 N–H and O–H groups in total. The van der Waals surface area contributed by atoms with Crippen molar-refractivity contribution < 1.29 is 24.1 Å². The van der Waals surface area contributed by atoms with E-state index in [0.29, 0.717) is 30.5 Å². The molecule has 9 heteroatoms. The number of nitrogens with zero attached hydrogens (tertiary/aromatic N) is 2. The summed E-state index contributed by atoms with van der Waals surface area (Å²) in [6.07, 6.45) is 1.91. The van der Waals surface area contributed by atoms with E-state index in [-0.39, 0.29) is 41.5 Å². The molecule has 2 aromatic carbocycles. The number of carbonyl (C=O) groups excluding carboxylic acids is 4. The Kier molecular flexibility index (Phi) is 6.54.